The van der Waals surface area contributed by atoms with Crippen LogP contribution in [-0.2, 0) is 13.6 Å². The van der Waals surface area contributed by atoms with Gasteiger partial charge in [0.25, 0.3) is 0 Å². The number of nitrogens with one attached hydrogen (secondary N) is 1. The molecule has 0 aliphatic rings. The van der Waals surface area contributed by atoms with E-state index >= 15 is 0 Å². The third kappa shape index (κ3) is 2.61. The summed E-state index contributed by atoms with van der Waals surface area (Å²) in [7, 11) is 1.91. The minimum atomic E-state index is 0.739. The molecule has 4 nitrogen and oxygen atoms in total. The average Bonchev–Trinajstić information content (AvgIpc) is 2.63. The Morgan fingerprint density at radius 3 is 2.88 bits per heavy atom. The Morgan fingerprint density at radius 1 is 1.44 bits per heavy atom. The van der Waals surface area contributed by atoms with Crippen molar-refractivity contribution in [3.8, 4) is 0 Å². The van der Waals surface area contributed by atoms with E-state index in [0.717, 1.165) is 28.0 Å². The number of anilines is 1. The molecule has 2 heterocycles. The van der Waals surface area contributed by atoms with Crippen molar-refractivity contribution in [2.24, 2.45) is 7.05 Å². The first-order valence-electron chi connectivity index (χ1n) is 4.98. The summed E-state index contributed by atoms with van der Waals surface area (Å²) in [5.74, 6) is 0.909. The summed E-state index contributed by atoms with van der Waals surface area (Å²) in [5, 5.41) is 7.40. The van der Waals surface area contributed by atoms with Gasteiger partial charge in [-0.25, -0.2) is 4.98 Å². The van der Waals surface area contributed by atoms with E-state index < -0.39 is 0 Å². The third-order valence-corrected chi connectivity index (χ3v) is 2.70. The number of aromatic nitrogens is 3. The zero-order chi connectivity index (χ0) is 11.5. The molecule has 84 valence electrons. The highest BCUT2D eigenvalue weighted by Gasteiger charge is 2.01. The zero-order valence-electron chi connectivity index (χ0n) is 9.24. The Kier molecular flexibility index (Phi) is 3.24. The van der Waals surface area contributed by atoms with Gasteiger partial charge in [0.1, 0.15) is 5.82 Å². The maximum atomic E-state index is 4.31. The summed E-state index contributed by atoms with van der Waals surface area (Å²) in [4.78, 5) is 4.31. The van der Waals surface area contributed by atoms with E-state index in [4.69, 9.17) is 0 Å². The van der Waals surface area contributed by atoms with Crippen molar-refractivity contribution in [1.29, 1.82) is 0 Å². The van der Waals surface area contributed by atoms with Gasteiger partial charge in [0.15, 0.2) is 0 Å². The number of hydrogen-bond donors (Lipinski definition) is 1. The number of hydrogen-bond acceptors (Lipinski definition) is 3. The molecule has 1 N–H and O–H groups in total. The second kappa shape index (κ2) is 4.65. The van der Waals surface area contributed by atoms with Crippen molar-refractivity contribution < 1.29 is 0 Å². The van der Waals surface area contributed by atoms with Crippen LogP contribution in [0.2, 0.25) is 0 Å². The Bertz CT molecular complexity index is 492. The molecule has 0 saturated carbocycles. The highest BCUT2D eigenvalue weighted by Crippen LogP contribution is 2.17. The maximum Gasteiger partial charge on any atom is 0.129 e. The quantitative estimate of drug-likeness (QED) is 0.940. The van der Waals surface area contributed by atoms with Crippen LogP contribution >= 0.6 is 15.9 Å². The number of nitrogens with zero attached hydrogens (tertiary/aromatic N) is 3. The van der Waals surface area contributed by atoms with Crippen LogP contribution in [0.1, 0.15) is 11.1 Å². The van der Waals surface area contributed by atoms with Crippen LogP contribution in [0.25, 0.3) is 0 Å². The molecule has 0 fully saturated rings. The van der Waals surface area contributed by atoms with Gasteiger partial charge in [-0.05, 0) is 34.5 Å². The fourth-order valence-electron chi connectivity index (χ4n) is 1.47. The van der Waals surface area contributed by atoms with Crippen molar-refractivity contribution in [2.75, 3.05) is 5.32 Å². The van der Waals surface area contributed by atoms with Gasteiger partial charge in [0.05, 0.1) is 6.20 Å². The first kappa shape index (κ1) is 11.1. The molecular weight excluding hydrogens is 268 g/mol. The van der Waals surface area contributed by atoms with Crippen LogP contribution in [0, 0.1) is 6.92 Å². The molecule has 2 aromatic rings. The van der Waals surface area contributed by atoms with Crippen LogP contribution in [0.4, 0.5) is 5.82 Å². The van der Waals surface area contributed by atoms with Crippen molar-refractivity contribution in [3.63, 3.8) is 0 Å². The van der Waals surface area contributed by atoms with E-state index in [1.165, 1.54) is 0 Å². The van der Waals surface area contributed by atoms with E-state index in [-0.39, 0.29) is 0 Å². The summed E-state index contributed by atoms with van der Waals surface area (Å²) >= 11 is 3.39. The van der Waals surface area contributed by atoms with Crippen LogP contribution in [0.15, 0.2) is 29.1 Å². The van der Waals surface area contributed by atoms with Gasteiger partial charge in [-0.15, -0.1) is 0 Å². The van der Waals surface area contributed by atoms with Gasteiger partial charge in [0.2, 0.25) is 0 Å². The lowest BCUT2D eigenvalue weighted by molar-refractivity contribution is 0.767. The lowest BCUT2D eigenvalue weighted by Gasteiger charge is -2.07. The molecule has 0 spiro atoms. The molecule has 2 rings (SSSR count). The zero-order valence-corrected chi connectivity index (χ0v) is 10.8. The Labute approximate surface area is 103 Å². The maximum absolute atomic E-state index is 4.31. The molecule has 0 atom stereocenters. The van der Waals surface area contributed by atoms with E-state index in [9.17, 15) is 0 Å². The molecule has 0 aliphatic heterocycles. The average molecular weight is 281 g/mol. The summed E-state index contributed by atoms with van der Waals surface area (Å²) in [5.41, 5.74) is 2.27. The summed E-state index contributed by atoms with van der Waals surface area (Å²) in [6.45, 7) is 2.77. The molecule has 0 radical (unpaired) electrons. The smallest absolute Gasteiger partial charge is 0.129 e. The Balaban J connectivity index is 2.04. The van der Waals surface area contributed by atoms with E-state index in [2.05, 4.69) is 31.3 Å². The minimum absolute atomic E-state index is 0.739. The number of rotatable bonds is 3. The van der Waals surface area contributed by atoms with Gasteiger partial charge >= 0.3 is 0 Å². The van der Waals surface area contributed by atoms with E-state index in [1.54, 1.807) is 10.9 Å². The van der Waals surface area contributed by atoms with Crippen molar-refractivity contribution in [2.45, 2.75) is 13.5 Å². The lowest BCUT2D eigenvalue weighted by Crippen LogP contribution is -2.02. The van der Waals surface area contributed by atoms with E-state index in [0.29, 0.717) is 0 Å². The van der Waals surface area contributed by atoms with Gasteiger partial charge in [-0.2, -0.15) is 5.10 Å². The number of aryl methyl sites for hydroxylation is 2. The van der Waals surface area contributed by atoms with Crippen LogP contribution < -0.4 is 5.32 Å². The monoisotopic (exact) mass is 280 g/mol. The first-order valence-corrected chi connectivity index (χ1v) is 5.78. The predicted molar refractivity (Wildman–Crippen MR) is 67.2 cm³/mol. The van der Waals surface area contributed by atoms with E-state index in [1.807, 2.05) is 32.4 Å². The standard InChI is InChI=1S/C11H13BrN4/c1-8-3-10(12)6-14-11(8)13-4-9-5-15-16(2)7-9/h3,5-7H,4H2,1-2H3,(H,13,14). The molecule has 0 amide bonds. The number of halogens is 1. The second-order valence-electron chi connectivity index (χ2n) is 3.69. The van der Waals surface area contributed by atoms with Crippen molar-refractivity contribution in [3.05, 3.63) is 40.3 Å². The normalized spacial score (nSPS) is 10.4. The van der Waals surface area contributed by atoms with Gasteiger partial charge in [0, 0.05) is 36.0 Å². The SMILES string of the molecule is Cc1cc(Br)cnc1NCc1cnn(C)c1. The number of pyridine rings is 1. The fraction of sp³-hybridized carbons (Fsp3) is 0.273. The molecule has 0 unspecified atom stereocenters. The fourth-order valence-corrected chi connectivity index (χ4v) is 1.92. The molecule has 0 saturated heterocycles. The molecular formula is C11H13BrN4. The molecule has 16 heavy (non-hydrogen) atoms. The highest BCUT2D eigenvalue weighted by molar-refractivity contribution is 9.10. The van der Waals surface area contributed by atoms with Gasteiger partial charge in [-0.1, -0.05) is 0 Å². The largest absolute Gasteiger partial charge is 0.366 e. The van der Waals surface area contributed by atoms with Crippen LogP contribution in [0.3, 0.4) is 0 Å². The molecule has 2 aromatic heterocycles. The lowest BCUT2D eigenvalue weighted by atomic mass is 10.3. The predicted octanol–water partition coefficient (Wildman–Crippen LogP) is 2.50. The van der Waals surface area contributed by atoms with Crippen molar-refractivity contribution >= 4 is 21.7 Å². The second-order valence-corrected chi connectivity index (χ2v) is 4.61. The molecule has 0 aliphatic carbocycles. The highest BCUT2D eigenvalue weighted by atomic mass is 79.9. The summed E-state index contributed by atoms with van der Waals surface area (Å²) < 4.78 is 2.79. The van der Waals surface area contributed by atoms with Gasteiger partial charge in [-0.3, -0.25) is 4.68 Å². The third-order valence-electron chi connectivity index (χ3n) is 2.26. The summed E-state index contributed by atoms with van der Waals surface area (Å²) in [6.07, 6.45) is 5.63. The molecule has 0 aromatic carbocycles. The summed E-state index contributed by atoms with van der Waals surface area (Å²) in [6, 6.07) is 2.04. The van der Waals surface area contributed by atoms with Crippen LogP contribution in [0.5, 0.6) is 0 Å². The Hall–Kier alpha value is -1.36. The first-order chi connectivity index (χ1) is 7.65. The van der Waals surface area contributed by atoms with Crippen molar-refractivity contribution in [1.82, 2.24) is 14.8 Å². The minimum Gasteiger partial charge on any atom is -0.366 e. The molecule has 5 heteroatoms. The van der Waals surface area contributed by atoms with Gasteiger partial charge < -0.3 is 5.32 Å². The van der Waals surface area contributed by atoms with Crippen LogP contribution in [-0.4, -0.2) is 14.8 Å². The Morgan fingerprint density at radius 2 is 2.25 bits per heavy atom. The topological polar surface area (TPSA) is 42.7 Å². The molecule has 0 bridgehead atoms.